The van der Waals surface area contributed by atoms with Gasteiger partial charge in [-0.25, -0.2) is 9.37 Å². The number of halogens is 2. The quantitative estimate of drug-likeness (QED) is 0.764. The molecule has 0 spiro atoms. The second kappa shape index (κ2) is 7.67. The summed E-state index contributed by atoms with van der Waals surface area (Å²) < 4.78 is 20.1. The summed E-state index contributed by atoms with van der Waals surface area (Å²) in [5.41, 5.74) is 6.23. The average Bonchev–Trinajstić information content (AvgIpc) is 2.78. The van der Waals surface area contributed by atoms with E-state index in [1.807, 2.05) is 6.92 Å². The van der Waals surface area contributed by atoms with Gasteiger partial charge in [0.1, 0.15) is 11.5 Å². The number of nitrogens with two attached hydrogens (primary N) is 1. The summed E-state index contributed by atoms with van der Waals surface area (Å²) in [6, 6.07) is 7.48. The van der Waals surface area contributed by atoms with Gasteiger partial charge in [0.2, 0.25) is 0 Å². The Morgan fingerprint density at radius 1 is 1.46 bits per heavy atom. The summed E-state index contributed by atoms with van der Waals surface area (Å²) in [5, 5.41) is 6.36. The molecule has 6 nitrogen and oxygen atoms in total. The van der Waals surface area contributed by atoms with Gasteiger partial charge in [-0.15, -0.1) is 0 Å². The van der Waals surface area contributed by atoms with Gasteiger partial charge < -0.3 is 15.8 Å². The highest BCUT2D eigenvalue weighted by atomic mass is 35.5. The van der Waals surface area contributed by atoms with Crippen LogP contribution >= 0.6 is 11.6 Å². The van der Waals surface area contributed by atoms with Gasteiger partial charge in [0.15, 0.2) is 0 Å². The molecule has 2 heterocycles. The van der Waals surface area contributed by atoms with Gasteiger partial charge >= 0.3 is 0 Å². The second-order valence-corrected chi connectivity index (χ2v) is 6.87. The number of hydrogen-bond acceptors (Lipinski definition) is 5. The van der Waals surface area contributed by atoms with Crippen molar-refractivity contribution in [2.45, 2.75) is 25.0 Å². The van der Waals surface area contributed by atoms with Crippen LogP contribution in [0, 0.1) is 5.82 Å². The number of nitrogens with zero attached hydrogens (tertiary/aromatic N) is 1. The van der Waals surface area contributed by atoms with Crippen LogP contribution in [0.3, 0.4) is 0 Å². The van der Waals surface area contributed by atoms with E-state index in [0.717, 1.165) is 0 Å². The maximum Gasteiger partial charge on any atom is 0.274 e. The lowest BCUT2D eigenvalue weighted by molar-refractivity contribution is 0.0968. The minimum absolute atomic E-state index is 0.212. The van der Waals surface area contributed by atoms with Crippen LogP contribution < -0.4 is 16.4 Å². The SMILES string of the molecule is CC1(c2cc(NC(=O)c3ccc(Cl)cn3)ccc2F)COCCC(N)N1. The number of anilines is 1. The fourth-order valence-corrected chi connectivity index (χ4v) is 3.01. The Balaban J connectivity index is 1.85. The van der Waals surface area contributed by atoms with Gasteiger partial charge in [-0.3, -0.25) is 10.1 Å². The van der Waals surface area contributed by atoms with Gasteiger partial charge in [0, 0.05) is 24.1 Å². The van der Waals surface area contributed by atoms with Crippen LogP contribution in [-0.4, -0.2) is 30.3 Å². The van der Waals surface area contributed by atoms with Gasteiger partial charge in [0.05, 0.1) is 23.3 Å². The molecule has 1 fully saturated rings. The number of ether oxygens (including phenoxy) is 1. The third-order valence-electron chi connectivity index (χ3n) is 4.25. The van der Waals surface area contributed by atoms with Crippen LogP contribution in [0.2, 0.25) is 5.02 Å². The molecule has 0 bridgehead atoms. The van der Waals surface area contributed by atoms with Crippen molar-refractivity contribution in [3.8, 4) is 0 Å². The lowest BCUT2D eigenvalue weighted by Crippen LogP contribution is -2.51. The Labute approximate surface area is 155 Å². The first-order valence-electron chi connectivity index (χ1n) is 8.21. The second-order valence-electron chi connectivity index (χ2n) is 6.43. The minimum Gasteiger partial charge on any atom is -0.379 e. The van der Waals surface area contributed by atoms with E-state index >= 15 is 0 Å². The molecule has 1 aliphatic heterocycles. The Kier molecular flexibility index (Phi) is 5.52. The number of carbonyl (C=O) groups excluding carboxylic acids is 1. The van der Waals surface area contributed by atoms with Crippen molar-refractivity contribution >= 4 is 23.2 Å². The van der Waals surface area contributed by atoms with E-state index in [-0.39, 0.29) is 18.5 Å². The van der Waals surface area contributed by atoms with E-state index < -0.39 is 17.3 Å². The Morgan fingerprint density at radius 3 is 3.00 bits per heavy atom. The topological polar surface area (TPSA) is 89.3 Å². The van der Waals surface area contributed by atoms with Crippen LogP contribution in [0.15, 0.2) is 36.5 Å². The first-order chi connectivity index (χ1) is 12.4. The zero-order chi connectivity index (χ0) is 18.7. The molecule has 0 aliphatic carbocycles. The van der Waals surface area contributed by atoms with Crippen LogP contribution in [0.4, 0.5) is 10.1 Å². The van der Waals surface area contributed by atoms with E-state index in [1.54, 1.807) is 12.1 Å². The molecule has 4 N–H and O–H groups in total. The number of nitrogens with one attached hydrogen (secondary N) is 2. The maximum atomic E-state index is 14.5. The van der Waals surface area contributed by atoms with Crippen molar-refractivity contribution in [3.63, 3.8) is 0 Å². The van der Waals surface area contributed by atoms with Crippen molar-refractivity contribution in [1.29, 1.82) is 0 Å². The predicted octanol–water partition coefficient (Wildman–Crippen LogP) is 2.64. The minimum atomic E-state index is -0.806. The number of hydrogen-bond donors (Lipinski definition) is 3. The Hall–Kier alpha value is -2.06. The standard InChI is InChI=1S/C18H20ClFN4O2/c1-18(10-26-7-6-16(21)24-18)13-8-12(3-4-14(13)20)23-17(25)15-5-2-11(19)9-22-15/h2-5,8-9,16,24H,6-7,10,21H2,1H3,(H,23,25). The molecule has 1 aromatic heterocycles. The van der Waals surface area contributed by atoms with Crippen LogP contribution in [0.5, 0.6) is 0 Å². The average molecular weight is 379 g/mol. The lowest BCUT2D eigenvalue weighted by atomic mass is 9.91. The molecular weight excluding hydrogens is 359 g/mol. The molecule has 2 unspecified atom stereocenters. The molecule has 0 radical (unpaired) electrons. The summed E-state index contributed by atoms with van der Waals surface area (Å²) in [5.74, 6) is -0.813. The van der Waals surface area contributed by atoms with Gasteiger partial charge in [-0.2, -0.15) is 0 Å². The smallest absolute Gasteiger partial charge is 0.274 e. The molecule has 2 atom stereocenters. The highest BCUT2D eigenvalue weighted by molar-refractivity contribution is 6.30. The van der Waals surface area contributed by atoms with Gasteiger partial charge in [0.25, 0.3) is 5.91 Å². The summed E-state index contributed by atoms with van der Waals surface area (Å²) in [6.45, 7) is 2.60. The molecule has 1 aliphatic rings. The monoisotopic (exact) mass is 378 g/mol. The number of pyridine rings is 1. The Bertz CT molecular complexity index is 802. The molecule has 1 aromatic carbocycles. The highest BCUT2D eigenvalue weighted by Gasteiger charge is 2.33. The normalized spacial score (nSPS) is 23.3. The van der Waals surface area contributed by atoms with Crippen LogP contribution in [0.25, 0.3) is 0 Å². The molecule has 8 heteroatoms. The molecular formula is C18H20ClFN4O2. The highest BCUT2D eigenvalue weighted by Crippen LogP contribution is 2.29. The lowest BCUT2D eigenvalue weighted by Gasteiger charge is -2.32. The van der Waals surface area contributed by atoms with Gasteiger partial charge in [-0.1, -0.05) is 11.6 Å². The third kappa shape index (κ3) is 4.19. The summed E-state index contributed by atoms with van der Waals surface area (Å²) in [7, 11) is 0. The zero-order valence-corrected chi connectivity index (χ0v) is 15.0. The van der Waals surface area contributed by atoms with Crippen molar-refractivity contribution in [2.24, 2.45) is 5.73 Å². The number of benzene rings is 1. The first-order valence-corrected chi connectivity index (χ1v) is 8.59. The first kappa shape index (κ1) is 18.7. The van der Waals surface area contributed by atoms with Crippen molar-refractivity contribution in [1.82, 2.24) is 10.3 Å². The molecule has 3 rings (SSSR count). The molecule has 26 heavy (non-hydrogen) atoms. The third-order valence-corrected chi connectivity index (χ3v) is 4.47. The summed E-state index contributed by atoms with van der Waals surface area (Å²) in [4.78, 5) is 16.3. The molecule has 0 saturated carbocycles. The number of rotatable bonds is 3. The van der Waals surface area contributed by atoms with E-state index in [0.29, 0.717) is 29.3 Å². The van der Waals surface area contributed by atoms with E-state index in [9.17, 15) is 9.18 Å². The van der Waals surface area contributed by atoms with E-state index in [4.69, 9.17) is 22.1 Å². The van der Waals surface area contributed by atoms with Gasteiger partial charge in [-0.05, 0) is 43.7 Å². The maximum absolute atomic E-state index is 14.5. The number of aromatic nitrogens is 1. The van der Waals surface area contributed by atoms with Crippen molar-refractivity contribution in [2.75, 3.05) is 18.5 Å². The number of carbonyl (C=O) groups is 1. The fraction of sp³-hybridized carbons (Fsp3) is 0.333. The molecule has 1 amide bonds. The molecule has 2 aromatic rings. The van der Waals surface area contributed by atoms with Crippen LogP contribution in [-0.2, 0) is 10.3 Å². The summed E-state index contributed by atoms with van der Waals surface area (Å²) >= 11 is 5.78. The summed E-state index contributed by atoms with van der Waals surface area (Å²) in [6.07, 6.45) is 1.72. The van der Waals surface area contributed by atoms with Crippen LogP contribution in [0.1, 0.15) is 29.4 Å². The zero-order valence-electron chi connectivity index (χ0n) is 14.3. The number of amides is 1. The molecule has 1 saturated heterocycles. The predicted molar refractivity (Wildman–Crippen MR) is 97.5 cm³/mol. The van der Waals surface area contributed by atoms with Crippen molar-refractivity contribution in [3.05, 3.63) is 58.6 Å². The largest absolute Gasteiger partial charge is 0.379 e. The van der Waals surface area contributed by atoms with E-state index in [2.05, 4.69) is 15.6 Å². The van der Waals surface area contributed by atoms with E-state index in [1.165, 1.54) is 24.4 Å². The fourth-order valence-electron chi connectivity index (χ4n) is 2.90. The Morgan fingerprint density at radius 2 is 2.27 bits per heavy atom. The van der Waals surface area contributed by atoms with Crippen molar-refractivity contribution < 1.29 is 13.9 Å². The molecule has 138 valence electrons.